The van der Waals surface area contributed by atoms with Crippen LogP contribution in [0.3, 0.4) is 0 Å². The third-order valence-electron chi connectivity index (χ3n) is 5.89. The summed E-state index contributed by atoms with van der Waals surface area (Å²) in [7, 11) is 0. The van der Waals surface area contributed by atoms with Crippen LogP contribution in [-0.2, 0) is 9.53 Å². The van der Waals surface area contributed by atoms with Gasteiger partial charge in [-0.1, -0.05) is 19.3 Å². The zero-order valence-electron chi connectivity index (χ0n) is 17.1. The van der Waals surface area contributed by atoms with Gasteiger partial charge in [0.2, 0.25) is 0 Å². The zero-order valence-corrected chi connectivity index (χ0v) is 17.1. The minimum Gasteiger partial charge on any atom is -0.461 e. The third kappa shape index (κ3) is 4.41. The number of amidine groups is 1. The summed E-state index contributed by atoms with van der Waals surface area (Å²) < 4.78 is 5.57. The average Bonchev–Trinajstić information content (AvgIpc) is 2.79. The molecule has 3 aliphatic rings. The second kappa shape index (κ2) is 9.18. The van der Waals surface area contributed by atoms with Gasteiger partial charge in [0.25, 0.3) is 0 Å². The summed E-state index contributed by atoms with van der Waals surface area (Å²) in [5.74, 6) is 0.380. The van der Waals surface area contributed by atoms with Crippen molar-refractivity contribution in [1.82, 2.24) is 10.2 Å². The van der Waals surface area contributed by atoms with Crippen LogP contribution in [0.2, 0.25) is 0 Å². The van der Waals surface area contributed by atoms with Gasteiger partial charge in [-0.25, -0.2) is 9.79 Å². The van der Waals surface area contributed by atoms with Gasteiger partial charge in [0, 0.05) is 31.9 Å². The van der Waals surface area contributed by atoms with E-state index in [4.69, 9.17) is 15.5 Å². The lowest BCUT2D eigenvalue weighted by molar-refractivity contribution is -0.140. The monoisotopic (exact) mass is 408 g/mol. The molecule has 1 aliphatic carbocycles. The molecule has 8 heteroatoms. The highest BCUT2D eigenvalue weighted by atomic mass is 16.5. The number of piperazine rings is 1. The number of carbonyl (C=O) groups is 1. The number of nitrogen functional groups attached to an aromatic ring is 1. The van der Waals surface area contributed by atoms with Crippen molar-refractivity contribution in [2.24, 2.45) is 10.9 Å². The Hall–Kier alpha value is -3.05. The maximum Gasteiger partial charge on any atom is 0.351 e. The number of nitrogens with two attached hydrogens (primary N) is 1. The lowest BCUT2D eigenvalue weighted by Gasteiger charge is -2.34. The van der Waals surface area contributed by atoms with Crippen LogP contribution in [0.4, 0.5) is 17.1 Å². The van der Waals surface area contributed by atoms with E-state index in [2.05, 4.69) is 21.6 Å². The number of hydrogen-bond donors (Lipinski definition) is 3. The fourth-order valence-corrected chi connectivity index (χ4v) is 4.21. The van der Waals surface area contributed by atoms with Crippen molar-refractivity contribution in [3.63, 3.8) is 0 Å². The fourth-order valence-electron chi connectivity index (χ4n) is 4.21. The molecule has 1 saturated carbocycles. The largest absolute Gasteiger partial charge is 0.461 e. The average molecular weight is 409 g/mol. The highest BCUT2D eigenvalue weighted by Crippen LogP contribution is 2.34. The number of nitrogens with zero attached hydrogens (tertiary/aromatic N) is 3. The highest BCUT2D eigenvalue weighted by Gasteiger charge is 2.30. The first-order valence-electron chi connectivity index (χ1n) is 10.7. The number of rotatable bonds is 3. The molecule has 0 atom stereocenters. The van der Waals surface area contributed by atoms with Crippen molar-refractivity contribution in [3.8, 4) is 6.07 Å². The van der Waals surface area contributed by atoms with Crippen molar-refractivity contribution in [2.75, 3.05) is 43.8 Å². The van der Waals surface area contributed by atoms with Crippen LogP contribution in [0.15, 0.2) is 34.5 Å². The summed E-state index contributed by atoms with van der Waals surface area (Å²) in [6.07, 6.45) is 5.75. The van der Waals surface area contributed by atoms with E-state index < -0.39 is 5.97 Å². The van der Waals surface area contributed by atoms with Crippen molar-refractivity contribution in [3.05, 3.63) is 29.5 Å². The second-order valence-corrected chi connectivity index (χ2v) is 8.04. The molecule has 0 bridgehead atoms. The van der Waals surface area contributed by atoms with E-state index >= 15 is 0 Å². The molecule has 2 heterocycles. The van der Waals surface area contributed by atoms with E-state index in [1.165, 1.54) is 19.3 Å². The lowest BCUT2D eigenvalue weighted by atomic mass is 9.90. The molecule has 0 spiro atoms. The van der Waals surface area contributed by atoms with E-state index in [1.54, 1.807) is 12.1 Å². The molecule has 8 nitrogen and oxygen atoms in total. The summed E-state index contributed by atoms with van der Waals surface area (Å²) >= 11 is 0. The van der Waals surface area contributed by atoms with Gasteiger partial charge in [-0.2, -0.15) is 5.26 Å². The molecule has 1 aromatic carbocycles. The van der Waals surface area contributed by atoms with E-state index in [1.807, 2.05) is 6.07 Å². The Morgan fingerprint density at radius 1 is 1.27 bits per heavy atom. The number of benzene rings is 1. The van der Waals surface area contributed by atoms with Gasteiger partial charge in [-0.05, 0) is 37.0 Å². The van der Waals surface area contributed by atoms with Crippen LogP contribution in [0.1, 0.15) is 32.1 Å². The zero-order chi connectivity index (χ0) is 20.9. The molecule has 4 N–H and O–H groups in total. The third-order valence-corrected chi connectivity index (χ3v) is 5.89. The molecule has 0 unspecified atom stereocenters. The van der Waals surface area contributed by atoms with E-state index in [-0.39, 0.29) is 5.57 Å². The Balaban J connectivity index is 1.63. The summed E-state index contributed by atoms with van der Waals surface area (Å²) in [4.78, 5) is 19.7. The molecule has 0 aromatic heterocycles. The number of aliphatic imine (C=N–C) groups is 1. The second-order valence-electron chi connectivity index (χ2n) is 8.04. The molecule has 2 aliphatic heterocycles. The molecule has 0 radical (unpaired) electrons. The van der Waals surface area contributed by atoms with Gasteiger partial charge in [-0.3, -0.25) is 0 Å². The minimum atomic E-state index is -0.590. The number of esters is 1. The van der Waals surface area contributed by atoms with Crippen LogP contribution >= 0.6 is 0 Å². The maximum atomic E-state index is 12.9. The first-order chi connectivity index (χ1) is 14.7. The summed E-state index contributed by atoms with van der Waals surface area (Å²) in [6, 6.07) is 7.43. The lowest BCUT2D eigenvalue weighted by Crippen LogP contribution is -2.48. The van der Waals surface area contributed by atoms with Gasteiger partial charge in [-0.15, -0.1) is 0 Å². The number of fused-ring (bicyclic) bond motifs is 1. The number of ether oxygens (including phenoxy) is 1. The number of nitriles is 1. The highest BCUT2D eigenvalue weighted by molar-refractivity contribution is 6.12. The standard InChI is InChI=1S/C22H28N6O2/c23-13-17(22(29)30-14-15-4-2-1-3-5-15)20-21(28-10-8-25-9-11-28)27-19-12-16(24)6-7-18(19)26-20/h6-7,12,15,25-26H,1-5,8-11,14,24H2. The van der Waals surface area contributed by atoms with Crippen LogP contribution < -0.4 is 16.4 Å². The topological polar surface area (TPSA) is 116 Å². The fraction of sp³-hybridized carbons (Fsp3) is 0.500. The molecule has 1 aromatic rings. The maximum absolute atomic E-state index is 12.9. The number of anilines is 2. The first kappa shape index (κ1) is 20.2. The Morgan fingerprint density at radius 2 is 2.03 bits per heavy atom. The predicted molar refractivity (Wildman–Crippen MR) is 116 cm³/mol. The van der Waals surface area contributed by atoms with Crippen LogP contribution in [0, 0.1) is 17.2 Å². The van der Waals surface area contributed by atoms with E-state index in [0.29, 0.717) is 41.1 Å². The van der Waals surface area contributed by atoms with Crippen LogP contribution in [-0.4, -0.2) is 49.5 Å². The van der Waals surface area contributed by atoms with Gasteiger partial charge in [0.15, 0.2) is 11.4 Å². The molecule has 158 valence electrons. The van der Waals surface area contributed by atoms with Crippen molar-refractivity contribution in [2.45, 2.75) is 32.1 Å². The molecule has 0 amide bonds. The van der Waals surface area contributed by atoms with Crippen molar-refractivity contribution in [1.29, 1.82) is 5.26 Å². The van der Waals surface area contributed by atoms with Crippen molar-refractivity contribution < 1.29 is 9.53 Å². The molecule has 4 rings (SSSR count). The predicted octanol–water partition coefficient (Wildman–Crippen LogP) is 2.53. The first-order valence-corrected chi connectivity index (χ1v) is 10.7. The van der Waals surface area contributed by atoms with Crippen LogP contribution in [0.25, 0.3) is 0 Å². The number of nitrogens with one attached hydrogen (secondary N) is 2. The van der Waals surface area contributed by atoms with Gasteiger partial charge in [0.05, 0.1) is 18.0 Å². The minimum absolute atomic E-state index is 0.0365. The molecule has 30 heavy (non-hydrogen) atoms. The summed E-state index contributed by atoms with van der Waals surface area (Å²) in [5.41, 5.74) is 8.32. The molecular weight excluding hydrogens is 380 g/mol. The van der Waals surface area contributed by atoms with Gasteiger partial charge in [0.1, 0.15) is 11.8 Å². The Kier molecular flexibility index (Phi) is 6.19. The van der Waals surface area contributed by atoms with Gasteiger partial charge >= 0.3 is 5.97 Å². The Bertz CT molecular complexity index is 905. The number of hydrogen-bond acceptors (Lipinski definition) is 8. The summed E-state index contributed by atoms with van der Waals surface area (Å²) in [6.45, 7) is 3.45. The molecule has 2 fully saturated rings. The Labute approximate surface area is 176 Å². The normalized spacial score (nSPS) is 21.0. The molecule has 1 saturated heterocycles. The molecular formula is C22H28N6O2. The van der Waals surface area contributed by atoms with E-state index in [9.17, 15) is 10.1 Å². The smallest absolute Gasteiger partial charge is 0.351 e. The van der Waals surface area contributed by atoms with Crippen LogP contribution in [0.5, 0.6) is 0 Å². The number of carbonyl (C=O) groups excluding carboxylic acids is 1. The van der Waals surface area contributed by atoms with Crippen molar-refractivity contribution >= 4 is 28.9 Å². The van der Waals surface area contributed by atoms with E-state index in [0.717, 1.165) is 39.0 Å². The summed E-state index contributed by atoms with van der Waals surface area (Å²) in [5, 5.41) is 16.4. The SMILES string of the molecule is N#CC(C(=O)OCC1CCCCC1)=C1Nc2ccc(N)cc2N=C1N1CCNCC1. The quantitative estimate of drug-likeness (QED) is 0.305. The Morgan fingerprint density at radius 3 is 2.77 bits per heavy atom. The van der Waals surface area contributed by atoms with Gasteiger partial charge < -0.3 is 26.0 Å².